The summed E-state index contributed by atoms with van der Waals surface area (Å²) in [5.74, 6) is 1.73. The molecule has 4 heterocycles. The number of ether oxygens (including phenoxy) is 1. The fourth-order valence-corrected chi connectivity index (χ4v) is 4.39. The summed E-state index contributed by atoms with van der Waals surface area (Å²) in [5, 5.41) is 13.6. The molecule has 5 rings (SSSR count). The van der Waals surface area contributed by atoms with E-state index in [-0.39, 0.29) is 6.10 Å². The van der Waals surface area contributed by atoms with Crippen molar-refractivity contribution in [2.75, 3.05) is 12.4 Å². The van der Waals surface area contributed by atoms with E-state index in [0.717, 1.165) is 65.1 Å². The number of nitrogens with one attached hydrogen (secondary N) is 1. The van der Waals surface area contributed by atoms with E-state index >= 15 is 0 Å². The summed E-state index contributed by atoms with van der Waals surface area (Å²) in [5.41, 5.74) is 3.98. The van der Waals surface area contributed by atoms with E-state index in [1.54, 1.807) is 10.9 Å². The minimum Gasteiger partial charge on any atom is -0.489 e. The molecule has 31 heavy (non-hydrogen) atoms. The standard InChI is InChI=1S/C23H27N7O/c1-15-21(5-4-10-25-15)31-18-8-6-17(7-9-18)30-20-11-22(24-2)26-13-19(20)23(28-30)16-12-27-29(3)14-16/h4-5,10-14,17-18H,6-9H2,1-3H3,(H,24,26). The molecule has 1 aliphatic rings. The zero-order chi connectivity index (χ0) is 21.4. The number of pyridine rings is 2. The highest BCUT2D eigenvalue weighted by molar-refractivity contribution is 5.93. The molecule has 8 heteroatoms. The molecular weight excluding hydrogens is 390 g/mol. The van der Waals surface area contributed by atoms with Crippen molar-refractivity contribution >= 4 is 16.7 Å². The lowest BCUT2D eigenvalue weighted by atomic mass is 9.93. The summed E-state index contributed by atoms with van der Waals surface area (Å²) in [6.45, 7) is 1.99. The number of aryl methyl sites for hydroxylation is 2. The monoisotopic (exact) mass is 417 g/mol. The lowest BCUT2D eigenvalue weighted by molar-refractivity contribution is 0.129. The first kappa shape index (κ1) is 19.5. The molecule has 0 saturated heterocycles. The van der Waals surface area contributed by atoms with Crippen LogP contribution in [0, 0.1) is 6.92 Å². The SMILES string of the molecule is CNc1cc2c(cn1)c(-c1cnn(C)c1)nn2C1CCC(Oc2cccnc2C)CC1. The van der Waals surface area contributed by atoms with E-state index in [9.17, 15) is 0 Å². The Balaban J connectivity index is 1.42. The molecule has 160 valence electrons. The van der Waals surface area contributed by atoms with Crippen molar-refractivity contribution in [1.29, 1.82) is 0 Å². The molecule has 0 spiro atoms. The van der Waals surface area contributed by atoms with E-state index in [2.05, 4.69) is 31.1 Å². The van der Waals surface area contributed by atoms with E-state index in [1.165, 1.54) is 0 Å². The van der Waals surface area contributed by atoms with Gasteiger partial charge < -0.3 is 10.1 Å². The van der Waals surface area contributed by atoms with Crippen LogP contribution in [0.3, 0.4) is 0 Å². The molecule has 0 unspecified atom stereocenters. The van der Waals surface area contributed by atoms with E-state index in [4.69, 9.17) is 9.84 Å². The molecule has 0 atom stereocenters. The van der Waals surface area contributed by atoms with Crippen molar-refractivity contribution in [3.8, 4) is 17.0 Å². The lowest BCUT2D eigenvalue weighted by Gasteiger charge is -2.29. The van der Waals surface area contributed by atoms with Crippen molar-refractivity contribution in [2.24, 2.45) is 7.05 Å². The first-order valence-electron chi connectivity index (χ1n) is 10.8. The molecule has 0 bridgehead atoms. The fraction of sp³-hybridized carbons (Fsp3) is 0.391. The zero-order valence-corrected chi connectivity index (χ0v) is 18.1. The van der Waals surface area contributed by atoms with Crippen LogP contribution in [-0.4, -0.2) is 42.7 Å². The normalized spacial score (nSPS) is 18.9. The Labute approximate surface area is 181 Å². The molecule has 0 aliphatic heterocycles. The number of nitrogens with zero attached hydrogens (tertiary/aromatic N) is 6. The van der Waals surface area contributed by atoms with Gasteiger partial charge in [0.15, 0.2) is 0 Å². The predicted molar refractivity (Wildman–Crippen MR) is 120 cm³/mol. The van der Waals surface area contributed by atoms with Crippen LogP contribution < -0.4 is 10.1 Å². The molecule has 4 aromatic heterocycles. The Hall–Kier alpha value is -3.42. The second-order valence-electron chi connectivity index (χ2n) is 8.17. The van der Waals surface area contributed by atoms with Crippen molar-refractivity contribution in [2.45, 2.75) is 44.8 Å². The number of fused-ring (bicyclic) bond motifs is 1. The van der Waals surface area contributed by atoms with Crippen molar-refractivity contribution in [3.63, 3.8) is 0 Å². The number of rotatable bonds is 5. The Bertz CT molecular complexity index is 1200. The topological polar surface area (TPSA) is 82.7 Å². The summed E-state index contributed by atoms with van der Waals surface area (Å²) < 4.78 is 10.2. The summed E-state index contributed by atoms with van der Waals surface area (Å²) in [7, 11) is 3.81. The van der Waals surface area contributed by atoms with Gasteiger partial charge in [-0.1, -0.05) is 0 Å². The molecule has 1 saturated carbocycles. The second kappa shape index (κ2) is 8.02. The van der Waals surface area contributed by atoms with Gasteiger partial charge in [0.25, 0.3) is 0 Å². The molecule has 0 aromatic carbocycles. The van der Waals surface area contributed by atoms with Gasteiger partial charge in [-0.15, -0.1) is 0 Å². The van der Waals surface area contributed by atoms with E-state index in [1.807, 2.05) is 51.7 Å². The summed E-state index contributed by atoms with van der Waals surface area (Å²) in [6, 6.07) is 6.35. The highest BCUT2D eigenvalue weighted by Crippen LogP contribution is 2.36. The van der Waals surface area contributed by atoms with Crippen LogP contribution in [0.4, 0.5) is 5.82 Å². The highest BCUT2D eigenvalue weighted by atomic mass is 16.5. The molecule has 8 nitrogen and oxygen atoms in total. The molecule has 4 aromatic rings. The first-order valence-corrected chi connectivity index (χ1v) is 10.8. The first-order chi connectivity index (χ1) is 15.1. The molecule has 0 radical (unpaired) electrons. The number of hydrogen-bond acceptors (Lipinski definition) is 6. The third-order valence-corrected chi connectivity index (χ3v) is 6.07. The smallest absolute Gasteiger partial charge is 0.140 e. The van der Waals surface area contributed by atoms with Crippen molar-refractivity contribution in [3.05, 3.63) is 48.7 Å². The predicted octanol–water partition coefficient (Wildman–Crippen LogP) is 4.14. The number of anilines is 1. The minimum atomic E-state index is 0.216. The van der Waals surface area contributed by atoms with E-state index in [0.29, 0.717) is 6.04 Å². The van der Waals surface area contributed by atoms with Crippen molar-refractivity contribution < 1.29 is 4.74 Å². The average Bonchev–Trinajstić information content (AvgIpc) is 3.39. The maximum Gasteiger partial charge on any atom is 0.140 e. The maximum absolute atomic E-state index is 6.25. The zero-order valence-electron chi connectivity index (χ0n) is 18.1. The van der Waals surface area contributed by atoms with Gasteiger partial charge in [0.2, 0.25) is 0 Å². The van der Waals surface area contributed by atoms with Crippen molar-refractivity contribution in [1.82, 2.24) is 29.5 Å². The maximum atomic E-state index is 6.25. The van der Waals surface area contributed by atoms with Gasteiger partial charge in [-0.3, -0.25) is 14.3 Å². The van der Waals surface area contributed by atoms with Gasteiger partial charge in [-0.05, 0) is 44.7 Å². The van der Waals surface area contributed by atoms with Gasteiger partial charge >= 0.3 is 0 Å². The van der Waals surface area contributed by atoms with Crippen LogP contribution in [0.2, 0.25) is 0 Å². The molecule has 0 amide bonds. The van der Waals surface area contributed by atoms with Crippen LogP contribution >= 0.6 is 0 Å². The van der Waals surface area contributed by atoms with Crippen LogP contribution in [0.15, 0.2) is 43.0 Å². The summed E-state index contributed by atoms with van der Waals surface area (Å²) >= 11 is 0. The van der Waals surface area contributed by atoms with Gasteiger partial charge in [-0.2, -0.15) is 10.2 Å². The summed E-state index contributed by atoms with van der Waals surface area (Å²) in [4.78, 5) is 8.86. The Morgan fingerprint density at radius 2 is 1.97 bits per heavy atom. The number of hydrogen-bond donors (Lipinski definition) is 1. The van der Waals surface area contributed by atoms with Gasteiger partial charge in [0.1, 0.15) is 17.3 Å². The molecular formula is C23H27N7O. The average molecular weight is 418 g/mol. The van der Waals surface area contributed by atoms with Crippen LogP contribution in [0.5, 0.6) is 5.75 Å². The molecule has 1 aliphatic carbocycles. The highest BCUT2D eigenvalue weighted by Gasteiger charge is 2.27. The van der Waals surface area contributed by atoms with Gasteiger partial charge in [0, 0.05) is 49.7 Å². The second-order valence-corrected chi connectivity index (χ2v) is 8.17. The Morgan fingerprint density at radius 1 is 1.13 bits per heavy atom. The van der Waals surface area contributed by atoms with Crippen LogP contribution in [0.1, 0.15) is 37.4 Å². The van der Waals surface area contributed by atoms with Gasteiger partial charge in [-0.25, -0.2) is 4.98 Å². The molecule has 1 N–H and O–H groups in total. The Morgan fingerprint density at radius 3 is 2.68 bits per heavy atom. The quantitative estimate of drug-likeness (QED) is 0.525. The third-order valence-electron chi connectivity index (χ3n) is 6.07. The lowest BCUT2D eigenvalue weighted by Crippen LogP contribution is -2.26. The summed E-state index contributed by atoms with van der Waals surface area (Å²) in [6.07, 6.45) is 11.8. The fourth-order valence-electron chi connectivity index (χ4n) is 4.39. The van der Waals surface area contributed by atoms with Crippen LogP contribution in [-0.2, 0) is 7.05 Å². The number of aromatic nitrogens is 6. The molecule has 1 fully saturated rings. The minimum absolute atomic E-state index is 0.216. The van der Waals surface area contributed by atoms with Gasteiger partial charge in [0.05, 0.1) is 29.6 Å². The Kier molecular flexibility index (Phi) is 5.05. The van der Waals surface area contributed by atoms with Crippen LogP contribution in [0.25, 0.3) is 22.2 Å². The third kappa shape index (κ3) is 3.73. The largest absolute Gasteiger partial charge is 0.489 e. The van der Waals surface area contributed by atoms with E-state index < -0.39 is 0 Å².